The summed E-state index contributed by atoms with van der Waals surface area (Å²) in [5.41, 5.74) is 3.96. The summed E-state index contributed by atoms with van der Waals surface area (Å²) in [6.45, 7) is 3.48. The number of pyridine rings is 2. The number of rotatable bonds is 5. The summed E-state index contributed by atoms with van der Waals surface area (Å²) in [6, 6.07) is 11.4. The first-order valence-corrected chi connectivity index (χ1v) is 14.0. The van der Waals surface area contributed by atoms with Gasteiger partial charge in [0.2, 0.25) is 5.88 Å². The lowest BCUT2D eigenvalue weighted by molar-refractivity contribution is 0.193. The highest BCUT2D eigenvalue weighted by molar-refractivity contribution is 6.03. The lowest BCUT2D eigenvalue weighted by Crippen LogP contribution is -2.51. The topological polar surface area (TPSA) is 73.8 Å². The lowest BCUT2D eigenvalue weighted by atomic mass is 9.94. The van der Waals surface area contributed by atoms with Crippen molar-refractivity contribution < 1.29 is 14.2 Å². The van der Waals surface area contributed by atoms with E-state index in [-0.39, 0.29) is 11.3 Å². The van der Waals surface area contributed by atoms with Crippen molar-refractivity contribution >= 4 is 27.5 Å². The van der Waals surface area contributed by atoms with Gasteiger partial charge in [-0.05, 0) is 74.5 Å². The Hall–Kier alpha value is -3.93. The van der Waals surface area contributed by atoms with Crippen LogP contribution >= 0.6 is 0 Å². The standard InChI is InChI=1S/C32H32FN5O2/c1-3-25-27(33)9-6-19-11-24(39)13-26(31(19)25)20-12-28-32(34-15-20)29(38-16-21-7-8-22(17-38)35-21)14-30(36-28)40-18-23-5-4-10-37(23)2/h1,6,9,11-15,21-23,35,39H,4-5,7-8,10,16-18H2,2H3. The highest BCUT2D eigenvalue weighted by Gasteiger charge is 2.33. The van der Waals surface area contributed by atoms with Crippen molar-refractivity contribution in [2.45, 2.75) is 43.8 Å². The molecular formula is C32H32FN5O2. The molecule has 3 saturated heterocycles. The van der Waals surface area contributed by atoms with Gasteiger partial charge in [-0.1, -0.05) is 12.0 Å². The molecule has 204 valence electrons. The molecule has 3 aliphatic rings. The molecule has 0 amide bonds. The molecule has 7 rings (SSSR count). The second-order valence-corrected chi connectivity index (χ2v) is 11.4. The molecule has 3 aliphatic heterocycles. The molecule has 7 nitrogen and oxygen atoms in total. The number of likely N-dealkylation sites (tertiary alicyclic amines) is 1. The lowest BCUT2D eigenvalue weighted by Gasteiger charge is -2.35. The molecule has 3 unspecified atom stereocenters. The molecule has 0 radical (unpaired) electrons. The number of likely N-dealkylation sites (N-methyl/N-ethyl adjacent to an activating group) is 1. The number of piperazine rings is 1. The number of phenolic OH excluding ortho intramolecular Hbond substituents is 1. The predicted octanol–water partition coefficient (Wildman–Crippen LogP) is 4.69. The predicted molar refractivity (Wildman–Crippen MR) is 155 cm³/mol. The Bertz CT molecular complexity index is 1660. The Labute approximate surface area is 233 Å². The summed E-state index contributed by atoms with van der Waals surface area (Å²) >= 11 is 0. The van der Waals surface area contributed by atoms with Crippen molar-refractivity contribution in [3.05, 3.63) is 54.0 Å². The first kappa shape index (κ1) is 25.1. The Morgan fingerprint density at radius 2 is 1.98 bits per heavy atom. The minimum Gasteiger partial charge on any atom is -0.508 e. The number of aromatic hydroxyl groups is 1. The quantitative estimate of drug-likeness (QED) is 0.358. The fourth-order valence-corrected chi connectivity index (χ4v) is 6.69. The van der Waals surface area contributed by atoms with Crippen LogP contribution in [0.4, 0.5) is 10.1 Å². The third kappa shape index (κ3) is 4.40. The number of aromatic nitrogens is 2. The molecule has 3 atom stereocenters. The average molecular weight is 538 g/mol. The Balaban J connectivity index is 1.35. The van der Waals surface area contributed by atoms with Crippen LogP contribution in [0.1, 0.15) is 31.2 Å². The SMILES string of the molecule is C#Cc1c(F)ccc2cc(O)cc(-c3cnc4c(N5CC6CCC(C5)N6)cc(OCC5CCCN5C)nc4c3)c12. The third-order valence-electron chi connectivity index (χ3n) is 8.76. The van der Waals surface area contributed by atoms with Gasteiger partial charge in [-0.25, -0.2) is 9.37 Å². The van der Waals surface area contributed by atoms with E-state index in [2.05, 4.69) is 28.1 Å². The number of hydrogen-bond donors (Lipinski definition) is 2. The number of nitrogens with one attached hydrogen (secondary N) is 1. The van der Waals surface area contributed by atoms with E-state index in [9.17, 15) is 9.50 Å². The van der Waals surface area contributed by atoms with E-state index in [0.29, 0.717) is 58.0 Å². The molecule has 4 aromatic rings. The number of terminal acetylenes is 1. The fourth-order valence-electron chi connectivity index (χ4n) is 6.69. The van der Waals surface area contributed by atoms with Crippen LogP contribution < -0.4 is 15.0 Å². The first-order chi connectivity index (χ1) is 19.5. The molecule has 8 heteroatoms. The number of phenols is 1. The van der Waals surface area contributed by atoms with Gasteiger partial charge in [-0.15, -0.1) is 6.42 Å². The molecule has 0 spiro atoms. The minimum atomic E-state index is -0.475. The second kappa shape index (κ2) is 9.92. The largest absolute Gasteiger partial charge is 0.508 e. The van der Waals surface area contributed by atoms with Crippen molar-refractivity contribution in [2.75, 3.05) is 38.2 Å². The Morgan fingerprint density at radius 3 is 2.73 bits per heavy atom. The van der Waals surface area contributed by atoms with Crippen molar-refractivity contribution in [1.82, 2.24) is 20.2 Å². The maximum absolute atomic E-state index is 14.7. The van der Waals surface area contributed by atoms with Gasteiger partial charge >= 0.3 is 0 Å². The van der Waals surface area contributed by atoms with E-state index >= 15 is 0 Å². The van der Waals surface area contributed by atoms with Crippen molar-refractivity contribution in [3.63, 3.8) is 0 Å². The summed E-state index contributed by atoms with van der Waals surface area (Å²) in [7, 11) is 2.14. The van der Waals surface area contributed by atoms with Gasteiger partial charge in [0, 0.05) is 54.4 Å². The number of hydrogen-bond acceptors (Lipinski definition) is 7. The van der Waals surface area contributed by atoms with Gasteiger partial charge in [0.25, 0.3) is 0 Å². The summed E-state index contributed by atoms with van der Waals surface area (Å²) in [5.74, 6) is 2.67. The van der Waals surface area contributed by atoms with Gasteiger partial charge in [0.15, 0.2) is 0 Å². The maximum Gasteiger partial charge on any atom is 0.216 e. The van der Waals surface area contributed by atoms with Crippen LogP contribution in [0.3, 0.4) is 0 Å². The van der Waals surface area contributed by atoms with Gasteiger partial charge in [-0.3, -0.25) is 4.98 Å². The maximum atomic E-state index is 14.7. The van der Waals surface area contributed by atoms with E-state index in [1.54, 1.807) is 24.4 Å². The zero-order valence-corrected chi connectivity index (χ0v) is 22.5. The van der Waals surface area contributed by atoms with Crippen LogP contribution in [-0.2, 0) is 0 Å². The number of anilines is 1. The van der Waals surface area contributed by atoms with E-state index in [1.165, 1.54) is 25.3 Å². The number of ether oxygens (including phenoxy) is 1. The van der Waals surface area contributed by atoms with Crippen LogP contribution in [0.5, 0.6) is 11.6 Å². The third-order valence-corrected chi connectivity index (χ3v) is 8.76. The van der Waals surface area contributed by atoms with E-state index < -0.39 is 5.82 Å². The zero-order valence-electron chi connectivity index (χ0n) is 22.5. The summed E-state index contributed by atoms with van der Waals surface area (Å²) in [6.07, 6.45) is 12.1. The van der Waals surface area contributed by atoms with Crippen LogP contribution in [0.25, 0.3) is 32.9 Å². The van der Waals surface area contributed by atoms with Gasteiger partial charge in [0.1, 0.15) is 23.7 Å². The molecule has 2 N–H and O–H groups in total. The van der Waals surface area contributed by atoms with Crippen molar-refractivity contribution in [2.24, 2.45) is 0 Å². The van der Waals surface area contributed by atoms with Crippen LogP contribution in [0, 0.1) is 18.2 Å². The van der Waals surface area contributed by atoms with Gasteiger partial charge < -0.3 is 25.0 Å². The number of nitrogens with zero attached hydrogens (tertiary/aromatic N) is 4. The van der Waals surface area contributed by atoms with E-state index in [1.807, 2.05) is 12.1 Å². The highest BCUT2D eigenvalue weighted by Crippen LogP contribution is 2.38. The first-order valence-electron chi connectivity index (χ1n) is 14.0. The fraction of sp³-hybridized carbons (Fsp3) is 0.375. The normalized spacial score (nSPS) is 22.7. The Kier molecular flexibility index (Phi) is 6.21. The molecule has 0 saturated carbocycles. The summed E-state index contributed by atoms with van der Waals surface area (Å²) < 4.78 is 21.0. The van der Waals surface area contributed by atoms with Gasteiger partial charge in [0.05, 0.1) is 16.8 Å². The van der Waals surface area contributed by atoms with Crippen LogP contribution in [-0.4, -0.2) is 71.4 Å². The molecular weight excluding hydrogens is 505 g/mol. The minimum absolute atomic E-state index is 0.0693. The Morgan fingerprint density at radius 1 is 1.15 bits per heavy atom. The average Bonchev–Trinajstić information content (AvgIpc) is 3.53. The molecule has 3 fully saturated rings. The van der Waals surface area contributed by atoms with Crippen molar-refractivity contribution in [3.8, 4) is 35.1 Å². The second-order valence-electron chi connectivity index (χ2n) is 11.4. The summed E-state index contributed by atoms with van der Waals surface area (Å²) in [4.78, 5) is 14.5. The van der Waals surface area contributed by atoms with Crippen molar-refractivity contribution in [1.29, 1.82) is 0 Å². The number of fused-ring (bicyclic) bond motifs is 4. The highest BCUT2D eigenvalue weighted by atomic mass is 19.1. The molecule has 5 heterocycles. The number of benzene rings is 2. The molecule has 2 bridgehead atoms. The van der Waals surface area contributed by atoms with E-state index in [0.717, 1.165) is 37.3 Å². The smallest absolute Gasteiger partial charge is 0.216 e. The zero-order chi connectivity index (χ0) is 27.4. The molecule has 2 aromatic heterocycles. The number of halogens is 1. The van der Waals surface area contributed by atoms with E-state index in [4.69, 9.17) is 21.1 Å². The van der Waals surface area contributed by atoms with Crippen LogP contribution in [0.2, 0.25) is 0 Å². The molecule has 40 heavy (non-hydrogen) atoms. The van der Waals surface area contributed by atoms with Gasteiger partial charge in [-0.2, -0.15) is 0 Å². The monoisotopic (exact) mass is 537 g/mol. The van der Waals surface area contributed by atoms with Crippen LogP contribution in [0.15, 0.2) is 42.6 Å². The molecule has 2 aromatic carbocycles. The molecule has 0 aliphatic carbocycles. The summed E-state index contributed by atoms with van der Waals surface area (Å²) in [5, 5.41) is 15.4.